The van der Waals surface area contributed by atoms with Crippen molar-refractivity contribution < 1.29 is 4.74 Å². The zero-order chi connectivity index (χ0) is 17.4. The molecule has 0 aliphatic carbocycles. The van der Waals surface area contributed by atoms with Crippen LogP contribution in [0, 0.1) is 6.92 Å². The van der Waals surface area contributed by atoms with Crippen LogP contribution in [0.25, 0.3) is 21.5 Å². The molecule has 0 radical (unpaired) electrons. The Morgan fingerprint density at radius 2 is 1.68 bits per heavy atom. The van der Waals surface area contributed by atoms with Crippen molar-refractivity contribution in [2.75, 3.05) is 0 Å². The molecule has 0 spiro atoms. The molecule has 1 aromatic heterocycles. The molecule has 1 heterocycles. The zero-order valence-electron chi connectivity index (χ0n) is 14.8. The first-order chi connectivity index (χ1) is 12.1. The summed E-state index contributed by atoms with van der Waals surface area (Å²) in [5, 5.41) is 4.56. The molecule has 124 valence electrons. The largest absolute Gasteiger partial charge is 0.438 e. The van der Waals surface area contributed by atoms with Crippen LogP contribution in [-0.4, -0.2) is 4.98 Å². The molecule has 0 N–H and O–H groups in total. The van der Waals surface area contributed by atoms with Gasteiger partial charge in [0.2, 0.25) is 5.88 Å². The monoisotopic (exact) mass is 327 g/mol. The lowest BCUT2D eigenvalue weighted by atomic mass is 10.0. The van der Waals surface area contributed by atoms with E-state index in [-0.39, 0.29) is 0 Å². The Hall–Kier alpha value is -2.87. The first-order valence-electron chi connectivity index (χ1n) is 8.68. The third kappa shape index (κ3) is 2.96. The Morgan fingerprint density at radius 1 is 0.880 bits per heavy atom. The van der Waals surface area contributed by atoms with E-state index < -0.39 is 0 Å². The molecule has 4 rings (SSSR count). The van der Waals surface area contributed by atoms with Gasteiger partial charge in [0.05, 0.1) is 5.39 Å². The fourth-order valence-electron chi connectivity index (χ4n) is 3.27. The highest BCUT2D eigenvalue weighted by Crippen LogP contribution is 2.34. The molecule has 0 atom stereocenters. The second-order valence-electron chi connectivity index (χ2n) is 6.84. The maximum Gasteiger partial charge on any atom is 0.227 e. The number of rotatable bonds is 3. The van der Waals surface area contributed by atoms with Crippen LogP contribution in [0.1, 0.15) is 30.9 Å². The summed E-state index contributed by atoms with van der Waals surface area (Å²) in [6.45, 7) is 6.50. The minimum Gasteiger partial charge on any atom is -0.438 e. The van der Waals surface area contributed by atoms with Crippen LogP contribution in [0.5, 0.6) is 11.6 Å². The van der Waals surface area contributed by atoms with Gasteiger partial charge in [-0.2, -0.15) is 0 Å². The highest BCUT2D eigenvalue weighted by molar-refractivity contribution is 6.09. The minimum atomic E-state index is 0.462. The van der Waals surface area contributed by atoms with E-state index in [1.807, 2.05) is 12.3 Å². The van der Waals surface area contributed by atoms with E-state index in [4.69, 9.17) is 4.74 Å². The smallest absolute Gasteiger partial charge is 0.227 e. The predicted molar refractivity (Wildman–Crippen MR) is 105 cm³/mol. The van der Waals surface area contributed by atoms with Gasteiger partial charge in [0.15, 0.2) is 0 Å². The van der Waals surface area contributed by atoms with Crippen molar-refractivity contribution in [1.82, 2.24) is 4.98 Å². The standard InChI is InChI=1S/C23H21NO/c1-15(2)19-12-16(3)13-20(14-19)25-23-22-18(10-11-24-23)9-8-17-6-4-5-7-21(17)22/h4-15H,1-3H3. The predicted octanol–water partition coefficient (Wildman–Crippen LogP) is 6.61. The third-order valence-corrected chi connectivity index (χ3v) is 4.58. The molecule has 0 saturated heterocycles. The Balaban J connectivity index is 1.89. The minimum absolute atomic E-state index is 0.462. The van der Waals surface area contributed by atoms with Crippen molar-refractivity contribution in [2.24, 2.45) is 0 Å². The van der Waals surface area contributed by atoms with Gasteiger partial charge < -0.3 is 4.74 Å². The Kier molecular flexibility index (Phi) is 3.89. The third-order valence-electron chi connectivity index (χ3n) is 4.58. The van der Waals surface area contributed by atoms with Crippen molar-refractivity contribution in [3.05, 3.63) is 78.0 Å². The summed E-state index contributed by atoms with van der Waals surface area (Å²) in [4.78, 5) is 4.53. The normalized spacial score (nSPS) is 11.4. The van der Waals surface area contributed by atoms with Gasteiger partial charge in [-0.05, 0) is 58.3 Å². The summed E-state index contributed by atoms with van der Waals surface area (Å²) in [5.41, 5.74) is 2.48. The molecule has 0 unspecified atom stereocenters. The van der Waals surface area contributed by atoms with Crippen LogP contribution in [0.2, 0.25) is 0 Å². The van der Waals surface area contributed by atoms with Crippen LogP contribution in [0.15, 0.2) is 66.9 Å². The lowest BCUT2D eigenvalue weighted by molar-refractivity contribution is 0.468. The number of benzene rings is 3. The van der Waals surface area contributed by atoms with Crippen LogP contribution in [0.4, 0.5) is 0 Å². The van der Waals surface area contributed by atoms with E-state index in [1.54, 1.807) is 0 Å². The van der Waals surface area contributed by atoms with Crippen molar-refractivity contribution in [3.8, 4) is 11.6 Å². The summed E-state index contributed by atoms with van der Waals surface area (Å²) in [6.07, 6.45) is 1.81. The van der Waals surface area contributed by atoms with Gasteiger partial charge in [0.1, 0.15) is 5.75 Å². The highest BCUT2D eigenvalue weighted by atomic mass is 16.5. The summed E-state index contributed by atoms with van der Waals surface area (Å²) in [7, 11) is 0. The van der Waals surface area contributed by atoms with Gasteiger partial charge >= 0.3 is 0 Å². The van der Waals surface area contributed by atoms with Gasteiger partial charge in [-0.15, -0.1) is 0 Å². The van der Waals surface area contributed by atoms with E-state index in [2.05, 4.69) is 80.4 Å². The zero-order valence-corrected chi connectivity index (χ0v) is 14.8. The second-order valence-corrected chi connectivity index (χ2v) is 6.84. The van der Waals surface area contributed by atoms with Crippen LogP contribution < -0.4 is 4.74 Å². The van der Waals surface area contributed by atoms with Crippen molar-refractivity contribution in [2.45, 2.75) is 26.7 Å². The van der Waals surface area contributed by atoms with Gasteiger partial charge in [-0.1, -0.05) is 56.3 Å². The van der Waals surface area contributed by atoms with Crippen molar-refractivity contribution >= 4 is 21.5 Å². The van der Waals surface area contributed by atoms with E-state index in [0.29, 0.717) is 11.8 Å². The molecule has 25 heavy (non-hydrogen) atoms. The molecular weight excluding hydrogens is 306 g/mol. The summed E-state index contributed by atoms with van der Waals surface area (Å²) >= 11 is 0. The number of nitrogens with zero attached hydrogens (tertiary/aromatic N) is 1. The molecule has 0 amide bonds. The average molecular weight is 327 g/mol. The Bertz CT molecular complexity index is 1070. The maximum absolute atomic E-state index is 6.26. The molecule has 0 fully saturated rings. The van der Waals surface area contributed by atoms with E-state index in [9.17, 15) is 0 Å². The Labute approximate surface area is 148 Å². The topological polar surface area (TPSA) is 22.1 Å². The molecule has 3 aromatic carbocycles. The Morgan fingerprint density at radius 3 is 2.52 bits per heavy atom. The average Bonchev–Trinajstić information content (AvgIpc) is 2.61. The lowest BCUT2D eigenvalue weighted by Gasteiger charge is -2.13. The van der Waals surface area contributed by atoms with Gasteiger partial charge in [0.25, 0.3) is 0 Å². The van der Waals surface area contributed by atoms with E-state index in [0.717, 1.165) is 16.5 Å². The number of aryl methyl sites for hydroxylation is 1. The molecular formula is C23H21NO. The summed E-state index contributed by atoms with van der Waals surface area (Å²) in [6, 6.07) is 21.1. The van der Waals surface area contributed by atoms with Crippen LogP contribution in [0.3, 0.4) is 0 Å². The van der Waals surface area contributed by atoms with Crippen LogP contribution >= 0.6 is 0 Å². The highest BCUT2D eigenvalue weighted by Gasteiger charge is 2.10. The van der Waals surface area contributed by atoms with Crippen molar-refractivity contribution in [1.29, 1.82) is 0 Å². The summed E-state index contributed by atoms with van der Waals surface area (Å²) < 4.78 is 6.26. The number of hydrogen-bond acceptors (Lipinski definition) is 2. The molecule has 2 nitrogen and oxygen atoms in total. The number of fused-ring (bicyclic) bond motifs is 3. The van der Waals surface area contributed by atoms with Gasteiger partial charge in [-0.3, -0.25) is 0 Å². The maximum atomic E-state index is 6.26. The first kappa shape index (κ1) is 15.6. The first-order valence-corrected chi connectivity index (χ1v) is 8.68. The molecule has 0 aliphatic rings. The number of pyridine rings is 1. The quantitative estimate of drug-likeness (QED) is 0.395. The van der Waals surface area contributed by atoms with Gasteiger partial charge in [-0.25, -0.2) is 4.98 Å². The number of aromatic nitrogens is 1. The molecule has 0 bridgehead atoms. The van der Waals surface area contributed by atoms with Crippen LogP contribution in [-0.2, 0) is 0 Å². The van der Waals surface area contributed by atoms with E-state index >= 15 is 0 Å². The molecule has 2 heteroatoms. The van der Waals surface area contributed by atoms with Crippen molar-refractivity contribution in [3.63, 3.8) is 0 Å². The molecule has 0 saturated carbocycles. The van der Waals surface area contributed by atoms with E-state index in [1.165, 1.54) is 21.9 Å². The number of hydrogen-bond donors (Lipinski definition) is 0. The number of ether oxygens (including phenoxy) is 1. The fraction of sp³-hybridized carbons (Fsp3) is 0.174. The summed E-state index contributed by atoms with van der Waals surface area (Å²) in [5.74, 6) is 1.97. The molecule has 4 aromatic rings. The fourth-order valence-corrected chi connectivity index (χ4v) is 3.27. The SMILES string of the molecule is Cc1cc(Oc2nccc3ccc4ccccc4c23)cc(C(C)C)c1. The molecule has 0 aliphatic heterocycles. The lowest BCUT2D eigenvalue weighted by Crippen LogP contribution is -1.94. The second kappa shape index (κ2) is 6.21. The van der Waals surface area contributed by atoms with Gasteiger partial charge in [0, 0.05) is 6.20 Å².